The smallest absolute Gasteiger partial charge is 0.264 e. The lowest BCUT2D eigenvalue weighted by Crippen LogP contribution is -2.19. The Morgan fingerprint density at radius 1 is 1.18 bits per heavy atom. The third-order valence-corrected chi connectivity index (χ3v) is 4.68. The molecule has 2 aromatic rings. The normalized spacial score (nSPS) is 18.0. The number of para-hydroxylation sites is 1. The van der Waals surface area contributed by atoms with Gasteiger partial charge in [-0.15, -0.1) is 0 Å². The first kappa shape index (κ1) is 15.1. The molecule has 0 aliphatic carbocycles. The summed E-state index contributed by atoms with van der Waals surface area (Å²) in [5, 5.41) is 12.8. The van der Waals surface area contributed by atoms with Gasteiger partial charge in [-0.05, 0) is 70.3 Å². The zero-order valence-corrected chi connectivity index (χ0v) is 14.3. The van der Waals surface area contributed by atoms with Crippen LogP contribution in [-0.4, -0.2) is 16.2 Å². The molecular weight excluding hydrogens is 411 g/mol. The second kappa shape index (κ2) is 6.53. The maximum atomic E-state index is 12.0. The third kappa shape index (κ3) is 3.50. The molecule has 110 valence electrons. The number of amidine groups is 1. The van der Waals surface area contributed by atoms with Crippen LogP contribution in [0.15, 0.2) is 58.4 Å². The maximum absolute atomic E-state index is 12.0. The van der Waals surface area contributed by atoms with Gasteiger partial charge in [0.15, 0.2) is 5.17 Å². The average molecular weight is 422 g/mol. The van der Waals surface area contributed by atoms with Crippen LogP contribution in [0.25, 0.3) is 6.08 Å². The summed E-state index contributed by atoms with van der Waals surface area (Å²) < 4.78 is 0.744. The van der Waals surface area contributed by atoms with E-state index in [0.29, 0.717) is 10.1 Å². The minimum absolute atomic E-state index is 0.164. The number of amides is 1. The van der Waals surface area contributed by atoms with Gasteiger partial charge >= 0.3 is 0 Å². The van der Waals surface area contributed by atoms with E-state index >= 15 is 0 Å². The van der Waals surface area contributed by atoms with Crippen molar-refractivity contribution in [3.63, 3.8) is 0 Å². The Labute approximate surface area is 145 Å². The van der Waals surface area contributed by atoms with E-state index in [4.69, 9.17) is 0 Å². The highest BCUT2D eigenvalue weighted by atomic mass is 127. The number of halogens is 1. The standard InChI is InChI=1S/C16H11IN2O2S/c17-12-8-10(6-7-13(12)20)9-14-15(21)19-16(22-14)18-11-4-2-1-3-5-11/h1-9,20H,(H,18,19,21)/b14-9-. The van der Waals surface area contributed by atoms with Gasteiger partial charge in [-0.1, -0.05) is 24.3 Å². The van der Waals surface area contributed by atoms with Gasteiger partial charge in [-0.25, -0.2) is 4.99 Å². The number of aromatic hydroxyl groups is 1. The third-order valence-electron chi connectivity index (χ3n) is 2.91. The highest BCUT2D eigenvalue weighted by molar-refractivity contribution is 14.1. The zero-order chi connectivity index (χ0) is 15.5. The lowest BCUT2D eigenvalue weighted by atomic mass is 10.2. The van der Waals surface area contributed by atoms with E-state index in [1.54, 1.807) is 18.2 Å². The number of rotatable bonds is 2. The van der Waals surface area contributed by atoms with E-state index in [1.807, 2.05) is 36.4 Å². The quantitative estimate of drug-likeness (QED) is 0.571. The molecule has 1 amide bonds. The summed E-state index contributed by atoms with van der Waals surface area (Å²) in [6.45, 7) is 0. The van der Waals surface area contributed by atoms with Crippen molar-refractivity contribution in [2.24, 2.45) is 4.99 Å². The van der Waals surface area contributed by atoms with E-state index < -0.39 is 0 Å². The average Bonchev–Trinajstić information content (AvgIpc) is 2.84. The molecule has 1 aliphatic rings. The van der Waals surface area contributed by atoms with Crippen molar-refractivity contribution in [2.75, 3.05) is 0 Å². The number of phenols is 1. The van der Waals surface area contributed by atoms with Crippen molar-refractivity contribution >= 4 is 57.2 Å². The largest absolute Gasteiger partial charge is 0.507 e. The Morgan fingerprint density at radius 2 is 1.95 bits per heavy atom. The molecule has 0 atom stereocenters. The molecule has 0 saturated carbocycles. The predicted molar refractivity (Wildman–Crippen MR) is 98.1 cm³/mol. The van der Waals surface area contributed by atoms with Crippen molar-refractivity contribution in [1.29, 1.82) is 0 Å². The zero-order valence-electron chi connectivity index (χ0n) is 11.3. The van der Waals surface area contributed by atoms with E-state index in [0.717, 1.165) is 14.8 Å². The first-order valence-electron chi connectivity index (χ1n) is 6.45. The van der Waals surface area contributed by atoms with Crippen molar-refractivity contribution in [1.82, 2.24) is 5.32 Å². The van der Waals surface area contributed by atoms with Gasteiger partial charge in [0, 0.05) is 0 Å². The minimum atomic E-state index is -0.164. The van der Waals surface area contributed by atoms with Gasteiger partial charge in [0.25, 0.3) is 5.91 Å². The fourth-order valence-electron chi connectivity index (χ4n) is 1.86. The molecule has 0 spiro atoms. The van der Waals surface area contributed by atoms with Crippen LogP contribution in [-0.2, 0) is 4.79 Å². The van der Waals surface area contributed by atoms with E-state index in [-0.39, 0.29) is 11.7 Å². The SMILES string of the molecule is O=C1NC(=Nc2ccccc2)S/C1=C\c1ccc(O)c(I)c1. The number of aliphatic imine (C=N–C) groups is 1. The van der Waals surface area contributed by atoms with E-state index in [1.165, 1.54) is 11.8 Å². The predicted octanol–water partition coefficient (Wildman–Crippen LogP) is 3.89. The van der Waals surface area contributed by atoms with Gasteiger partial charge < -0.3 is 10.4 Å². The van der Waals surface area contributed by atoms with E-state index in [2.05, 4.69) is 32.9 Å². The highest BCUT2D eigenvalue weighted by Gasteiger charge is 2.23. The molecule has 1 saturated heterocycles. The summed E-state index contributed by atoms with van der Waals surface area (Å²) in [7, 11) is 0. The van der Waals surface area contributed by atoms with Crippen LogP contribution in [0.3, 0.4) is 0 Å². The summed E-state index contributed by atoms with van der Waals surface area (Å²) in [5.74, 6) is 0.0698. The molecule has 1 aliphatic heterocycles. The highest BCUT2D eigenvalue weighted by Crippen LogP contribution is 2.29. The lowest BCUT2D eigenvalue weighted by Gasteiger charge is -1.99. The van der Waals surface area contributed by atoms with Gasteiger partial charge in [0.2, 0.25) is 0 Å². The lowest BCUT2D eigenvalue weighted by molar-refractivity contribution is -0.115. The first-order valence-corrected chi connectivity index (χ1v) is 8.34. The number of phenolic OH excluding ortho intramolecular Hbond substituents is 1. The summed E-state index contributed by atoms with van der Waals surface area (Å²) in [6, 6.07) is 14.7. The summed E-state index contributed by atoms with van der Waals surface area (Å²) >= 11 is 3.35. The van der Waals surface area contributed by atoms with Crippen LogP contribution in [0.5, 0.6) is 5.75 Å². The topological polar surface area (TPSA) is 61.7 Å². The van der Waals surface area contributed by atoms with Crippen molar-refractivity contribution in [3.8, 4) is 5.75 Å². The monoisotopic (exact) mass is 422 g/mol. The Morgan fingerprint density at radius 3 is 2.68 bits per heavy atom. The first-order chi connectivity index (χ1) is 10.6. The summed E-state index contributed by atoms with van der Waals surface area (Å²) in [4.78, 5) is 17.0. The number of nitrogens with zero attached hydrogens (tertiary/aromatic N) is 1. The summed E-state index contributed by atoms with van der Waals surface area (Å²) in [5.41, 5.74) is 1.66. The number of benzene rings is 2. The van der Waals surface area contributed by atoms with Crippen LogP contribution in [0.4, 0.5) is 5.69 Å². The van der Waals surface area contributed by atoms with Gasteiger partial charge in [0.1, 0.15) is 5.75 Å². The molecule has 1 fully saturated rings. The van der Waals surface area contributed by atoms with Crippen LogP contribution >= 0.6 is 34.4 Å². The molecule has 6 heteroatoms. The number of hydrogen-bond acceptors (Lipinski definition) is 4. The van der Waals surface area contributed by atoms with Crippen LogP contribution in [0.2, 0.25) is 0 Å². The molecule has 3 rings (SSSR count). The molecule has 1 heterocycles. The van der Waals surface area contributed by atoms with Gasteiger partial charge in [-0.3, -0.25) is 4.79 Å². The van der Waals surface area contributed by atoms with Gasteiger partial charge in [-0.2, -0.15) is 0 Å². The minimum Gasteiger partial charge on any atom is -0.507 e. The molecule has 0 unspecified atom stereocenters. The second-order valence-electron chi connectivity index (χ2n) is 4.53. The molecule has 0 aromatic heterocycles. The molecule has 22 heavy (non-hydrogen) atoms. The van der Waals surface area contributed by atoms with Crippen molar-refractivity contribution < 1.29 is 9.90 Å². The number of hydrogen-bond donors (Lipinski definition) is 2. The number of thioether (sulfide) groups is 1. The molecule has 0 radical (unpaired) electrons. The molecule has 0 bridgehead atoms. The Bertz CT molecular complexity index is 788. The van der Waals surface area contributed by atoms with E-state index in [9.17, 15) is 9.90 Å². The Kier molecular flexibility index (Phi) is 4.49. The van der Waals surface area contributed by atoms with Crippen molar-refractivity contribution in [3.05, 3.63) is 62.6 Å². The second-order valence-corrected chi connectivity index (χ2v) is 6.72. The number of carbonyl (C=O) groups excluding carboxylic acids is 1. The Balaban J connectivity index is 1.84. The van der Waals surface area contributed by atoms with Crippen molar-refractivity contribution in [2.45, 2.75) is 0 Å². The molecule has 4 nitrogen and oxygen atoms in total. The number of nitrogens with one attached hydrogen (secondary N) is 1. The van der Waals surface area contributed by atoms with Gasteiger partial charge in [0.05, 0.1) is 14.2 Å². The summed E-state index contributed by atoms with van der Waals surface area (Å²) in [6.07, 6.45) is 1.79. The fraction of sp³-hybridized carbons (Fsp3) is 0. The Hall–Kier alpha value is -1.80. The van der Waals surface area contributed by atoms with Crippen LogP contribution < -0.4 is 5.32 Å². The maximum Gasteiger partial charge on any atom is 0.264 e. The van der Waals surface area contributed by atoms with Crippen LogP contribution in [0.1, 0.15) is 5.56 Å². The molecule has 2 N–H and O–H groups in total. The number of carbonyl (C=O) groups is 1. The van der Waals surface area contributed by atoms with Crippen LogP contribution in [0, 0.1) is 3.57 Å². The molecule has 2 aromatic carbocycles. The molecular formula is C16H11IN2O2S. The fourth-order valence-corrected chi connectivity index (χ4v) is 3.25.